The van der Waals surface area contributed by atoms with Crippen molar-refractivity contribution in [1.82, 2.24) is 10.2 Å². The molecular formula is C21H29Cl2F3N2O2. The van der Waals surface area contributed by atoms with Crippen LogP contribution in [0.3, 0.4) is 0 Å². The molecular weight excluding hydrogens is 440 g/mol. The lowest BCUT2D eigenvalue weighted by atomic mass is 9.71. The van der Waals surface area contributed by atoms with E-state index in [1.165, 1.54) is 0 Å². The number of benzene rings is 1. The highest BCUT2D eigenvalue weighted by atomic mass is 35.5. The highest BCUT2D eigenvalue weighted by Crippen LogP contribution is 2.40. The third-order valence-electron chi connectivity index (χ3n) is 5.31. The third-order valence-corrected chi connectivity index (χ3v) is 6.04. The molecule has 0 bridgehead atoms. The van der Waals surface area contributed by atoms with Gasteiger partial charge in [0.25, 0.3) is 0 Å². The van der Waals surface area contributed by atoms with E-state index in [0.717, 1.165) is 12.5 Å². The van der Waals surface area contributed by atoms with Gasteiger partial charge >= 0.3 is 12.3 Å². The van der Waals surface area contributed by atoms with Crippen LogP contribution >= 0.6 is 23.2 Å². The molecule has 2 rings (SSSR count). The molecule has 0 saturated carbocycles. The molecule has 1 aliphatic heterocycles. The lowest BCUT2D eigenvalue weighted by Crippen LogP contribution is -2.51. The van der Waals surface area contributed by atoms with Crippen molar-refractivity contribution in [2.45, 2.75) is 70.2 Å². The zero-order valence-corrected chi connectivity index (χ0v) is 19.2. The maximum absolute atomic E-state index is 12.9. The summed E-state index contributed by atoms with van der Waals surface area (Å²) in [5, 5.41) is 3.33. The van der Waals surface area contributed by atoms with Crippen molar-refractivity contribution in [1.29, 1.82) is 0 Å². The number of nitrogens with zero attached hydrogens (tertiary/aromatic N) is 1. The van der Waals surface area contributed by atoms with E-state index in [1.807, 2.05) is 6.07 Å². The standard InChI is InChI=1S/C21H29Cl2F3N2O2/c1-14(21(24,25)26)27-10-9-20(15-6-7-16(22)17(23)12-15)8-5-11-28(13-20)18(29)30-19(2,3)4/h6-7,12,14,27H,5,8-11,13H2,1-4H3. The second-order valence-electron chi connectivity index (χ2n) is 8.88. The summed E-state index contributed by atoms with van der Waals surface area (Å²) in [7, 11) is 0. The number of nitrogens with one attached hydrogen (secondary N) is 1. The van der Waals surface area contributed by atoms with Crippen LogP contribution in [0.5, 0.6) is 0 Å². The van der Waals surface area contributed by atoms with Gasteiger partial charge in [-0.3, -0.25) is 0 Å². The minimum absolute atomic E-state index is 0.142. The van der Waals surface area contributed by atoms with Crippen LogP contribution < -0.4 is 5.32 Å². The van der Waals surface area contributed by atoms with Gasteiger partial charge in [0.15, 0.2) is 0 Å². The number of amides is 1. The summed E-state index contributed by atoms with van der Waals surface area (Å²) in [5.41, 5.74) is -0.335. The molecule has 30 heavy (non-hydrogen) atoms. The molecule has 1 aliphatic rings. The van der Waals surface area contributed by atoms with Gasteiger partial charge in [-0.1, -0.05) is 29.3 Å². The van der Waals surface area contributed by atoms with E-state index in [-0.39, 0.29) is 6.54 Å². The van der Waals surface area contributed by atoms with Crippen molar-refractivity contribution >= 4 is 29.3 Å². The van der Waals surface area contributed by atoms with Gasteiger partial charge in [0.05, 0.1) is 10.0 Å². The van der Waals surface area contributed by atoms with Crippen molar-refractivity contribution in [2.75, 3.05) is 19.6 Å². The van der Waals surface area contributed by atoms with Crippen LogP contribution in [-0.2, 0) is 10.2 Å². The van der Waals surface area contributed by atoms with E-state index in [1.54, 1.807) is 37.8 Å². The second-order valence-corrected chi connectivity index (χ2v) is 9.70. The van der Waals surface area contributed by atoms with Crippen molar-refractivity contribution in [2.24, 2.45) is 0 Å². The van der Waals surface area contributed by atoms with Crippen LogP contribution in [0.4, 0.5) is 18.0 Å². The van der Waals surface area contributed by atoms with Crippen molar-refractivity contribution in [3.63, 3.8) is 0 Å². The highest BCUT2D eigenvalue weighted by Gasteiger charge is 2.41. The Morgan fingerprint density at radius 3 is 2.50 bits per heavy atom. The Labute approximate surface area is 186 Å². The van der Waals surface area contributed by atoms with Crippen LogP contribution in [-0.4, -0.2) is 48.4 Å². The first-order chi connectivity index (χ1) is 13.7. The first-order valence-corrected chi connectivity index (χ1v) is 10.7. The minimum atomic E-state index is -4.31. The Hall–Kier alpha value is -1.18. The predicted octanol–water partition coefficient (Wildman–Crippen LogP) is 6.19. The molecule has 4 nitrogen and oxygen atoms in total. The van der Waals surface area contributed by atoms with Crippen molar-refractivity contribution in [3.05, 3.63) is 33.8 Å². The van der Waals surface area contributed by atoms with Gasteiger partial charge in [-0.05, 0) is 71.2 Å². The number of likely N-dealkylation sites (tertiary alicyclic amines) is 1. The molecule has 170 valence electrons. The van der Waals surface area contributed by atoms with E-state index >= 15 is 0 Å². The number of piperidine rings is 1. The number of carbonyl (C=O) groups excluding carboxylic acids is 1. The van der Waals surface area contributed by atoms with Crippen molar-refractivity contribution < 1.29 is 22.7 Å². The van der Waals surface area contributed by atoms with Crippen LogP contribution in [0.25, 0.3) is 0 Å². The minimum Gasteiger partial charge on any atom is -0.444 e. The Balaban J connectivity index is 2.26. The smallest absolute Gasteiger partial charge is 0.410 e. The molecule has 1 aromatic carbocycles. The maximum Gasteiger partial charge on any atom is 0.410 e. The first kappa shape index (κ1) is 25.1. The normalized spacial score (nSPS) is 21.4. The van der Waals surface area contributed by atoms with Crippen LogP contribution in [0.1, 0.15) is 52.5 Å². The van der Waals surface area contributed by atoms with E-state index < -0.39 is 29.3 Å². The lowest BCUT2D eigenvalue weighted by Gasteiger charge is -2.44. The Kier molecular flexibility index (Phi) is 7.97. The molecule has 1 fully saturated rings. The number of carbonyl (C=O) groups is 1. The summed E-state index contributed by atoms with van der Waals surface area (Å²) >= 11 is 12.3. The zero-order valence-electron chi connectivity index (χ0n) is 17.7. The summed E-state index contributed by atoms with van der Waals surface area (Å²) in [6.07, 6.45) is -2.92. The number of halogens is 5. The SMILES string of the molecule is CC(NCCC1(c2ccc(Cl)c(Cl)c2)CCCN(C(=O)OC(C)(C)C)C1)C(F)(F)F. The number of rotatable bonds is 5. The van der Waals surface area contributed by atoms with E-state index in [0.29, 0.717) is 42.4 Å². The molecule has 0 spiro atoms. The Morgan fingerprint density at radius 1 is 1.27 bits per heavy atom. The van der Waals surface area contributed by atoms with E-state index in [9.17, 15) is 18.0 Å². The third kappa shape index (κ3) is 6.66. The van der Waals surface area contributed by atoms with Crippen LogP contribution in [0, 0.1) is 0 Å². The second kappa shape index (κ2) is 9.53. The number of ether oxygens (including phenoxy) is 1. The van der Waals surface area contributed by atoms with E-state index in [4.69, 9.17) is 27.9 Å². The summed E-state index contributed by atoms with van der Waals surface area (Å²) < 4.78 is 44.2. The summed E-state index contributed by atoms with van der Waals surface area (Å²) in [5.74, 6) is 0. The molecule has 1 amide bonds. The quantitative estimate of drug-likeness (QED) is 0.559. The Morgan fingerprint density at radius 2 is 1.93 bits per heavy atom. The van der Waals surface area contributed by atoms with Gasteiger partial charge < -0.3 is 15.0 Å². The van der Waals surface area contributed by atoms with Crippen LogP contribution in [0.2, 0.25) is 10.0 Å². The van der Waals surface area contributed by atoms with Crippen molar-refractivity contribution in [3.8, 4) is 0 Å². The van der Waals surface area contributed by atoms with Gasteiger partial charge in [0.2, 0.25) is 0 Å². The molecule has 0 aromatic heterocycles. The largest absolute Gasteiger partial charge is 0.444 e. The topological polar surface area (TPSA) is 41.6 Å². The van der Waals surface area contributed by atoms with E-state index in [2.05, 4.69) is 5.32 Å². The molecule has 2 unspecified atom stereocenters. The van der Waals surface area contributed by atoms with Crippen LogP contribution in [0.15, 0.2) is 18.2 Å². The maximum atomic E-state index is 12.9. The lowest BCUT2D eigenvalue weighted by molar-refractivity contribution is -0.151. The zero-order chi connectivity index (χ0) is 22.7. The highest BCUT2D eigenvalue weighted by molar-refractivity contribution is 6.42. The molecule has 0 radical (unpaired) electrons. The summed E-state index contributed by atoms with van der Waals surface area (Å²) in [6.45, 7) is 7.49. The van der Waals surface area contributed by atoms with Gasteiger partial charge in [0.1, 0.15) is 11.6 Å². The van der Waals surface area contributed by atoms with Gasteiger partial charge in [0, 0.05) is 18.5 Å². The number of hydrogen-bond donors (Lipinski definition) is 1. The summed E-state index contributed by atoms with van der Waals surface area (Å²) in [4.78, 5) is 14.3. The average molecular weight is 469 g/mol. The Bertz CT molecular complexity index is 753. The fourth-order valence-corrected chi connectivity index (χ4v) is 3.97. The first-order valence-electron chi connectivity index (χ1n) is 9.97. The fourth-order valence-electron chi connectivity index (χ4n) is 3.67. The number of alkyl halides is 3. The average Bonchev–Trinajstić information content (AvgIpc) is 2.62. The van der Waals surface area contributed by atoms with Gasteiger partial charge in [-0.25, -0.2) is 4.79 Å². The molecule has 1 heterocycles. The van der Waals surface area contributed by atoms with Gasteiger partial charge in [-0.2, -0.15) is 13.2 Å². The van der Waals surface area contributed by atoms with Gasteiger partial charge in [-0.15, -0.1) is 0 Å². The predicted molar refractivity (Wildman–Crippen MR) is 113 cm³/mol. The molecule has 1 saturated heterocycles. The molecule has 0 aliphatic carbocycles. The fraction of sp³-hybridized carbons (Fsp3) is 0.667. The molecule has 1 N–H and O–H groups in total. The summed E-state index contributed by atoms with van der Waals surface area (Å²) in [6, 6.07) is 3.64. The molecule has 2 atom stereocenters. The monoisotopic (exact) mass is 468 g/mol. The molecule has 9 heteroatoms. The molecule has 1 aromatic rings. The number of hydrogen-bond acceptors (Lipinski definition) is 3.